The molecular formula is C19H18FNO4. The molecule has 2 aromatic rings. The molecule has 0 aliphatic carbocycles. The molecule has 0 aliphatic rings. The van der Waals surface area contributed by atoms with Crippen LogP contribution in [0.5, 0.6) is 0 Å². The van der Waals surface area contributed by atoms with Crippen molar-refractivity contribution < 1.29 is 23.5 Å². The van der Waals surface area contributed by atoms with Crippen LogP contribution in [0.1, 0.15) is 32.7 Å². The number of nitrogens with one attached hydrogen (secondary N) is 1. The summed E-state index contributed by atoms with van der Waals surface area (Å²) in [5.41, 5.74) is 1.65. The number of carbonyl (C=O) groups excluding carboxylic acids is 3. The third kappa shape index (κ3) is 5.53. The third-order valence-corrected chi connectivity index (χ3v) is 3.53. The summed E-state index contributed by atoms with van der Waals surface area (Å²) in [6, 6.07) is 12.1. The average Bonchev–Trinajstić information content (AvgIpc) is 2.60. The number of amides is 1. The van der Waals surface area contributed by atoms with Crippen LogP contribution in [0, 0.1) is 12.7 Å². The highest BCUT2D eigenvalue weighted by atomic mass is 19.1. The van der Waals surface area contributed by atoms with Gasteiger partial charge >= 0.3 is 5.97 Å². The average molecular weight is 343 g/mol. The maximum atomic E-state index is 12.8. The summed E-state index contributed by atoms with van der Waals surface area (Å²) in [7, 11) is 0. The Morgan fingerprint density at radius 2 is 1.72 bits per heavy atom. The van der Waals surface area contributed by atoms with E-state index in [2.05, 4.69) is 5.32 Å². The summed E-state index contributed by atoms with van der Waals surface area (Å²) in [6.07, 6.45) is -0.0473. The molecule has 6 heteroatoms. The Morgan fingerprint density at radius 3 is 2.40 bits per heavy atom. The molecule has 0 saturated carbocycles. The number of rotatable bonds is 7. The van der Waals surface area contributed by atoms with Gasteiger partial charge in [-0.2, -0.15) is 0 Å². The zero-order valence-electron chi connectivity index (χ0n) is 13.8. The van der Waals surface area contributed by atoms with Gasteiger partial charge in [0.1, 0.15) is 5.82 Å². The predicted octanol–water partition coefficient (Wildman–Crippen LogP) is 2.68. The van der Waals surface area contributed by atoms with E-state index in [1.807, 2.05) is 19.1 Å². The van der Waals surface area contributed by atoms with E-state index < -0.39 is 24.2 Å². The van der Waals surface area contributed by atoms with Crippen molar-refractivity contribution in [3.05, 3.63) is 71.0 Å². The second kappa shape index (κ2) is 8.73. The van der Waals surface area contributed by atoms with Gasteiger partial charge in [0.25, 0.3) is 5.91 Å². The number of aryl methyl sites for hydroxylation is 1. The van der Waals surface area contributed by atoms with Crippen molar-refractivity contribution in [3.63, 3.8) is 0 Å². The van der Waals surface area contributed by atoms with Crippen LogP contribution in [0.15, 0.2) is 48.5 Å². The molecule has 0 unspecified atom stereocenters. The smallest absolute Gasteiger partial charge is 0.308 e. The lowest BCUT2D eigenvalue weighted by atomic mass is 10.1. The first-order chi connectivity index (χ1) is 12.0. The second-order valence-corrected chi connectivity index (χ2v) is 5.41. The van der Waals surface area contributed by atoms with E-state index in [9.17, 15) is 18.8 Å². The minimum atomic E-state index is -0.597. The molecule has 0 heterocycles. The lowest BCUT2D eigenvalue weighted by molar-refractivity contribution is -0.142. The molecule has 0 saturated heterocycles. The van der Waals surface area contributed by atoms with Crippen LogP contribution < -0.4 is 5.32 Å². The van der Waals surface area contributed by atoms with Crippen molar-refractivity contribution in [1.29, 1.82) is 0 Å². The molecule has 0 radical (unpaired) electrons. The summed E-state index contributed by atoms with van der Waals surface area (Å²) >= 11 is 0. The van der Waals surface area contributed by atoms with Crippen LogP contribution in [0.2, 0.25) is 0 Å². The summed E-state index contributed by atoms with van der Waals surface area (Å²) in [4.78, 5) is 35.4. The molecular weight excluding hydrogens is 325 g/mol. The molecule has 0 spiro atoms. The molecule has 2 rings (SSSR count). The van der Waals surface area contributed by atoms with Gasteiger partial charge in [-0.3, -0.25) is 14.4 Å². The number of ketones is 1. The Balaban J connectivity index is 1.72. The lowest BCUT2D eigenvalue weighted by Gasteiger charge is -2.08. The third-order valence-electron chi connectivity index (χ3n) is 3.53. The minimum Gasteiger partial charge on any atom is -0.457 e. The number of carbonyl (C=O) groups is 3. The Labute approximate surface area is 144 Å². The number of ether oxygens (including phenoxy) is 1. The largest absolute Gasteiger partial charge is 0.457 e. The number of hydrogen-bond acceptors (Lipinski definition) is 4. The molecule has 5 nitrogen and oxygen atoms in total. The lowest BCUT2D eigenvalue weighted by Crippen LogP contribution is -2.27. The number of esters is 1. The van der Waals surface area contributed by atoms with Crippen molar-refractivity contribution >= 4 is 17.7 Å². The van der Waals surface area contributed by atoms with Gasteiger partial charge in [-0.05, 0) is 42.8 Å². The van der Waals surface area contributed by atoms with Crippen LogP contribution in [0.4, 0.5) is 4.39 Å². The summed E-state index contributed by atoms with van der Waals surface area (Å²) < 4.78 is 17.7. The highest BCUT2D eigenvalue weighted by molar-refractivity contribution is 5.98. The zero-order valence-corrected chi connectivity index (χ0v) is 13.8. The van der Waals surface area contributed by atoms with E-state index in [-0.39, 0.29) is 24.4 Å². The zero-order chi connectivity index (χ0) is 18.2. The fourth-order valence-electron chi connectivity index (χ4n) is 2.14. The van der Waals surface area contributed by atoms with E-state index in [4.69, 9.17) is 4.74 Å². The van der Waals surface area contributed by atoms with Gasteiger partial charge < -0.3 is 10.1 Å². The van der Waals surface area contributed by atoms with Crippen molar-refractivity contribution in [3.8, 4) is 0 Å². The molecule has 0 atom stereocenters. The van der Waals surface area contributed by atoms with Gasteiger partial charge in [-0.15, -0.1) is 0 Å². The number of Topliss-reactive ketones (excluding diaryl/α,β-unsaturated/α-hetero) is 1. The molecule has 1 amide bonds. The first-order valence-electron chi connectivity index (χ1n) is 7.75. The monoisotopic (exact) mass is 343 g/mol. The van der Waals surface area contributed by atoms with Gasteiger partial charge in [0, 0.05) is 17.7 Å². The van der Waals surface area contributed by atoms with Gasteiger partial charge in [-0.25, -0.2) is 4.39 Å². The Hall–Kier alpha value is -3.02. The Bertz CT molecular complexity index is 771. The van der Waals surface area contributed by atoms with E-state index in [0.717, 1.165) is 17.7 Å². The van der Waals surface area contributed by atoms with Crippen LogP contribution in [-0.4, -0.2) is 30.8 Å². The van der Waals surface area contributed by atoms with Crippen LogP contribution in [0.25, 0.3) is 0 Å². The molecule has 0 fully saturated rings. The molecule has 130 valence electrons. The molecule has 25 heavy (non-hydrogen) atoms. The standard InChI is InChI=1S/C19H18FNO4/c1-13-4-2-3-5-16(13)19(24)21-11-10-18(23)25-12-17(22)14-6-8-15(20)9-7-14/h2-9H,10-12H2,1H3,(H,21,24). The first-order valence-corrected chi connectivity index (χ1v) is 7.75. The topological polar surface area (TPSA) is 72.5 Å². The molecule has 1 N–H and O–H groups in total. The molecule has 2 aromatic carbocycles. The van der Waals surface area contributed by atoms with Crippen LogP contribution in [-0.2, 0) is 9.53 Å². The maximum Gasteiger partial charge on any atom is 0.308 e. The van der Waals surface area contributed by atoms with Crippen LogP contribution in [0.3, 0.4) is 0 Å². The van der Waals surface area contributed by atoms with E-state index in [0.29, 0.717) is 5.56 Å². The van der Waals surface area contributed by atoms with Crippen molar-refractivity contribution in [2.45, 2.75) is 13.3 Å². The summed E-state index contributed by atoms with van der Waals surface area (Å²) in [5, 5.41) is 2.63. The Kier molecular flexibility index (Phi) is 6.39. The predicted molar refractivity (Wildman–Crippen MR) is 89.8 cm³/mol. The number of halogens is 1. The fourth-order valence-corrected chi connectivity index (χ4v) is 2.14. The van der Waals surface area contributed by atoms with E-state index >= 15 is 0 Å². The quantitative estimate of drug-likeness (QED) is 0.620. The highest BCUT2D eigenvalue weighted by Gasteiger charge is 2.12. The van der Waals surface area contributed by atoms with E-state index in [1.54, 1.807) is 12.1 Å². The second-order valence-electron chi connectivity index (χ2n) is 5.41. The number of hydrogen-bond donors (Lipinski definition) is 1. The number of benzene rings is 2. The van der Waals surface area contributed by atoms with Gasteiger partial charge in [-0.1, -0.05) is 18.2 Å². The highest BCUT2D eigenvalue weighted by Crippen LogP contribution is 2.06. The SMILES string of the molecule is Cc1ccccc1C(=O)NCCC(=O)OCC(=O)c1ccc(F)cc1. The normalized spacial score (nSPS) is 10.2. The molecule has 0 aromatic heterocycles. The van der Waals surface area contributed by atoms with Crippen molar-refractivity contribution in [2.75, 3.05) is 13.2 Å². The first kappa shape index (κ1) is 18.3. The van der Waals surface area contributed by atoms with Crippen LogP contribution >= 0.6 is 0 Å². The molecule has 0 bridgehead atoms. The summed E-state index contributed by atoms with van der Waals surface area (Å²) in [6.45, 7) is 1.51. The molecule has 0 aliphatic heterocycles. The fraction of sp³-hybridized carbons (Fsp3) is 0.211. The summed E-state index contributed by atoms with van der Waals surface area (Å²) in [5.74, 6) is -1.73. The van der Waals surface area contributed by atoms with Crippen molar-refractivity contribution in [1.82, 2.24) is 5.32 Å². The van der Waals surface area contributed by atoms with E-state index in [1.165, 1.54) is 12.1 Å². The minimum absolute atomic E-state index is 0.0473. The van der Waals surface area contributed by atoms with Crippen molar-refractivity contribution in [2.24, 2.45) is 0 Å². The maximum absolute atomic E-state index is 12.8. The Morgan fingerprint density at radius 1 is 1.04 bits per heavy atom. The van der Waals surface area contributed by atoms with Gasteiger partial charge in [0.15, 0.2) is 12.4 Å². The van der Waals surface area contributed by atoms with Gasteiger partial charge in [0.05, 0.1) is 6.42 Å². The van der Waals surface area contributed by atoms with Gasteiger partial charge in [0.2, 0.25) is 0 Å².